The summed E-state index contributed by atoms with van der Waals surface area (Å²) in [4.78, 5) is 14.5. The number of rotatable bonds is 1. The van der Waals surface area contributed by atoms with Gasteiger partial charge in [0.05, 0.1) is 13.2 Å². The zero-order chi connectivity index (χ0) is 15.2. The summed E-state index contributed by atoms with van der Waals surface area (Å²) in [6.07, 6.45) is 0. The van der Waals surface area contributed by atoms with Gasteiger partial charge in [-0.3, -0.25) is 4.79 Å². The zero-order valence-electron chi connectivity index (χ0n) is 13.1. The summed E-state index contributed by atoms with van der Waals surface area (Å²) in [7, 11) is 0. The molecular weight excluding hydrogens is 262 g/mol. The van der Waals surface area contributed by atoms with Crippen LogP contribution in [-0.2, 0) is 4.74 Å². The Labute approximate surface area is 126 Å². The van der Waals surface area contributed by atoms with Gasteiger partial charge in [-0.25, -0.2) is 0 Å². The molecule has 0 aromatic heterocycles. The molecule has 1 heterocycles. The van der Waals surface area contributed by atoms with Crippen molar-refractivity contribution in [2.45, 2.75) is 20.8 Å². The highest BCUT2D eigenvalue weighted by Crippen LogP contribution is 2.23. The van der Waals surface area contributed by atoms with Gasteiger partial charge in [-0.05, 0) is 29.3 Å². The second-order valence-electron chi connectivity index (χ2n) is 4.88. The summed E-state index contributed by atoms with van der Waals surface area (Å²) in [6.45, 7) is 8.71. The van der Waals surface area contributed by atoms with Crippen molar-refractivity contribution < 1.29 is 9.53 Å². The number of carbonyl (C=O) groups excluding carboxylic acids is 1. The van der Waals surface area contributed by atoms with E-state index in [1.807, 2.05) is 49.1 Å². The molecule has 0 unspecified atom stereocenters. The first kappa shape index (κ1) is 15.5. The SMILES string of the molecule is CC.Cc1ccc(C(=O)N2CCOCC2)c2ccccc12. The quantitative estimate of drug-likeness (QED) is 0.800. The number of aryl methyl sites for hydroxylation is 1. The van der Waals surface area contributed by atoms with E-state index in [9.17, 15) is 4.79 Å². The molecule has 0 aliphatic carbocycles. The van der Waals surface area contributed by atoms with Gasteiger partial charge in [0.15, 0.2) is 0 Å². The Hall–Kier alpha value is -1.87. The van der Waals surface area contributed by atoms with Gasteiger partial charge >= 0.3 is 0 Å². The van der Waals surface area contributed by atoms with Gasteiger partial charge in [0.2, 0.25) is 0 Å². The maximum Gasteiger partial charge on any atom is 0.254 e. The molecule has 0 radical (unpaired) electrons. The lowest BCUT2D eigenvalue weighted by Gasteiger charge is -2.27. The first-order valence-corrected chi connectivity index (χ1v) is 7.63. The lowest BCUT2D eigenvalue weighted by atomic mass is 9.99. The Kier molecular flexibility index (Phi) is 5.34. The third-order valence-electron chi connectivity index (χ3n) is 3.67. The fourth-order valence-corrected chi connectivity index (χ4v) is 2.57. The minimum Gasteiger partial charge on any atom is -0.378 e. The summed E-state index contributed by atoms with van der Waals surface area (Å²) in [6, 6.07) is 12.1. The highest BCUT2D eigenvalue weighted by atomic mass is 16.5. The number of hydrogen-bond donors (Lipinski definition) is 0. The Morgan fingerprint density at radius 2 is 1.62 bits per heavy atom. The fourth-order valence-electron chi connectivity index (χ4n) is 2.57. The van der Waals surface area contributed by atoms with Crippen LogP contribution in [0.1, 0.15) is 29.8 Å². The van der Waals surface area contributed by atoms with Crippen molar-refractivity contribution in [3.05, 3.63) is 47.5 Å². The largest absolute Gasteiger partial charge is 0.378 e. The molecule has 2 aromatic rings. The predicted octanol–water partition coefficient (Wildman–Crippen LogP) is 3.65. The predicted molar refractivity (Wildman–Crippen MR) is 86.8 cm³/mol. The van der Waals surface area contributed by atoms with Crippen LogP contribution in [-0.4, -0.2) is 37.1 Å². The van der Waals surface area contributed by atoms with Crippen LogP contribution in [0.2, 0.25) is 0 Å². The molecule has 1 fully saturated rings. The van der Waals surface area contributed by atoms with Crippen LogP contribution in [0.3, 0.4) is 0 Å². The van der Waals surface area contributed by atoms with Gasteiger partial charge in [-0.1, -0.05) is 44.2 Å². The first-order valence-electron chi connectivity index (χ1n) is 7.63. The molecule has 3 nitrogen and oxygen atoms in total. The number of morpholine rings is 1. The lowest BCUT2D eigenvalue weighted by molar-refractivity contribution is 0.0304. The van der Waals surface area contributed by atoms with E-state index in [1.54, 1.807) is 0 Å². The fraction of sp³-hybridized carbons (Fsp3) is 0.389. The molecule has 1 aliphatic heterocycles. The third kappa shape index (κ3) is 3.24. The molecule has 0 spiro atoms. The molecule has 0 bridgehead atoms. The standard InChI is InChI=1S/C16H17NO2.C2H6/c1-12-6-7-15(14-5-3-2-4-13(12)14)16(18)17-8-10-19-11-9-17;1-2/h2-7H,8-11H2,1H3;1-2H3. The van der Waals surface area contributed by atoms with Crippen molar-refractivity contribution in [3.63, 3.8) is 0 Å². The van der Waals surface area contributed by atoms with E-state index in [1.165, 1.54) is 5.56 Å². The van der Waals surface area contributed by atoms with E-state index in [0.29, 0.717) is 26.3 Å². The van der Waals surface area contributed by atoms with Gasteiger partial charge in [0, 0.05) is 18.7 Å². The minimum absolute atomic E-state index is 0.111. The van der Waals surface area contributed by atoms with Crippen molar-refractivity contribution in [3.8, 4) is 0 Å². The number of ether oxygens (including phenoxy) is 1. The Bertz CT molecular complexity index is 616. The van der Waals surface area contributed by atoms with Crippen molar-refractivity contribution in [2.24, 2.45) is 0 Å². The Morgan fingerprint density at radius 1 is 1.00 bits per heavy atom. The van der Waals surface area contributed by atoms with Crippen LogP contribution < -0.4 is 0 Å². The van der Waals surface area contributed by atoms with Gasteiger partial charge in [-0.15, -0.1) is 0 Å². The smallest absolute Gasteiger partial charge is 0.254 e. The van der Waals surface area contributed by atoms with E-state index in [0.717, 1.165) is 16.3 Å². The van der Waals surface area contributed by atoms with Crippen LogP contribution in [0.5, 0.6) is 0 Å². The van der Waals surface area contributed by atoms with Crippen molar-refractivity contribution in [1.29, 1.82) is 0 Å². The summed E-state index contributed by atoms with van der Waals surface area (Å²) >= 11 is 0. The average molecular weight is 285 g/mol. The maximum atomic E-state index is 12.6. The van der Waals surface area contributed by atoms with E-state index in [2.05, 4.69) is 13.0 Å². The van der Waals surface area contributed by atoms with E-state index < -0.39 is 0 Å². The van der Waals surface area contributed by atoms with Gasteiger partial charge in [0.1, 0.15) is 0 Å². The Balaban J connectivity index is 0.000000774. The molecule has 2 aromatic carbocycles. The van der Waals surface area contributed by atoms with Gasteiger partial charge in [0.25, 0.3) is 5.91 Å². The van der Waals surface area contributed by atoms with Crippen molar-refractivity contribution in [1.82, 2.24) is 4.90 Å². The summed E-state index contributed by atoms with van der Waals surface area (Å²) in [5.74, 6) is 0.111. The highest BCUT2D eigenvalue weighted by Gasteiger charge is 2.20. The van der Waals surface area contributed by atoms with E-state index >= 15 is 0 Å². The normalized spacial score (nSPS) is 14.5. The molecular formula is C18H23NO2. The number of fused-ring (bicyclic) bond motifs is 1. The topological polar surface area (TPSA) is 29.5 Å². The number of benzene rings is 2. The van der Waals surface area contributed by atoms with Crippen LogP contribution in [0.15, 0.2) is 36.4 Å². The van der Waals surface area contributed by atoms with Crippen molar-refractivity contribution in [2.75, 3.05) is 26.3 Å². The van der Waals surface area contributed by atoms with Gasteiger partial charge in [-0.2, -0.15) is 0 Å². The molecule has 112 valence electrons. The molecule has 0 atom stereocenters. The van der Waals surface area contributed by atoms with E-state index in [4.69, 9.17) is 4.74 Å². The molecule has 3 heteroatoms. The van der Waals surface area contributed by atoms with E-state index in [-0.39, 0.29) is 5.91 Å². The lowest BCUT2D eigenvalue weighted by Crippen LogP contribution is -2.40. The van der Waals surface area contributed by atoms with Gasteiger partial charge < -0.3 is 9.64 Å². The maximum absolute atomic E-state index is 12.6. The monoisotopic (exact) mass is 285 g/mol. The molecule has 0 saturated carbocycles. The van der Waals surface area contributed by atoms with Crippen LogP contribution in [0.25, 0.3) is 10.8 Å². The second kappa shape index (κ2) is 7.23. The number of nitrogens with zero attached hydrogens (tertiary/aromatic N) is 1. The second-order valence-corrected chi connectivity index (χ2v) is 4.88. The summed E-state index contributed by atoms with van der Waals surface area (Å²) in [5, 5.41) is 2.20. The minimum atomic E-state index is 0.111. The first-order chi connectivity index (χ1) is 10.3. The zero-order valence-corrected chi connectivity index (χ0v) is 13.1. The number of amides is 1. The van der Waals surface area contributed by atoms with Crippen LogP contribution >= 0.6 is 0 Å². The highest BCUT2D eigenvalue weighted by molar-refractivity contribution is 6.07. The third-order valence-corrected chi connectivity index (χ3v) is 3.67. The molecule has 3 rings (SSSR count). The number of hydrogen-bond acceptors (Lipinski definition) is 2. The average Bonchev–Trinajstić information content (AvgIpc) is 2.57. The summed E-state index contributed by atoms with van der Waals surface area (Å²) in [5.41, 5.74) is 2.00. The van der Waals surface area contributed by atoms with Crippen LogP contribution in [0, 0.1) is 6.92 Å². The molecule has 1 saturated heterocycles. The van der Waals surface area contributed by atoms with Crippen LogP contribution in [0.4, 0.5) is 0 Å². The molecule has 1 aliphatic rings. The summed E-state index contributed by atoms with van der Waals surface area (Å²) < 4.78 is 5.30. The molecule has 1 amide bonds. The van der Waals surface area contributed by atoms with Crippen molar-refractivity contribution >= 4 is 16.7 Å². The molecule has 21 heavy (non-hydrogen) atoms. The Morgan fingerprint density at radius 3 is 2.29 bits per heavy atom. The number of carbonyl (C=O) groups is 1. The molecule has 0 N–H and O–H groups in total.